The summed E-state index contributed by atoms with van der Waals surface area (Å²) >= 11 is 0. The summed E-state index contributed by atoms with van der Waals surface area (Å²) in [6, 6.07) is 7.28. The number of hydrogen-bond donors (Lipinski definition) is 1. The van der Waals surface area contributed by atoms with Gasteiger partial charge in [-0.15, -0.1) is 0 Å². The summed E-state index contributed by atoms with van der Waals surface area (Å²) in [5.41, 5.74) is 0.750. The van der Waals surface area contributed by atoms with E-state index in [1.165, 1.54) is 22.7 Å². The molecule has 1 aromatic carbocycles. The molecule has 1 amide bonds. The molecule has 2 aromatic rings. The van der Waals surface area contributed by atoms with Crippen LogP contribution < -0.4 is 10.1 Å². The Hall–Kier alpha value is -2.50. The lowest BCUT2D eigenvalue weighted by molar-refractivity contribution is -0.126. The highest BCUT2D eigenvalue weighted by atomic mass is 32.2. The molecule has 2 heterocycles. The first kappa shape index (κ1) is 21.2. The number of carbonyl (C=O) groups excluding carboxylic acids is 1. The minimum absolute atomic E-state index is 0.117. The van der Waals surface area contributed by atoms with Crippen LogP contribution in [0.15, 0.2) is 28.8 Å². The van der Waals surface area contributed by atoms with Crippen LogP contribution in [0, 0.1) is 5.92 Å². The molecule has 1 N–H and O–H groups in total. The van der Waals surface area contributed by atoms with Crippen molar-refractivity contribution in [3.63, 3.8) is 0 Å². The molecule has 1 fully saturated rings. The van der Waals surface area contributed by atoms with Crippen molar-refractivity contribution in [1.29, 1.82) is 0 Å². The van der Waals surface area contributed by atoms with Gasteiger partial charge in [0.05, 0.1) is 13.7 Å². The molecular weight excluding hydrogens is 398 g/mol. The average Bonchev–Trinajstić information content (AvgIpc) is 3.21. The van der Waals surface area contributed by atoms with Crippen molar-refractivity contribution in [3.05, 3.63) is 30.2 Å². The van der Waals surface area contributed by atoms with E-state index >= 15 is 0 Å². The Morgan fingerprint density at radius 2 is 2.07 bits per heavy atom. The second-order valence-corrected chi connectivity index (χ2v) is 9.07. The molecular formula is C18H25N5O5S. The molecule has 0 saturated carbocycles. The van der Waals surface area contributed by atoms with E-state index in [0.717, 1.165) is 5.56 Å². The molecule has 0 bridgehead atoms. The number of ether oxygens (including phenoxy) is 1. The van der Waals surface area contributed by atoms with Crippen LogP contribution in [0.5, 0.6) is 5.75 Å². The maximum absolute atomic E-state index is 12.4. The zero-order valence-corrected chi connectivity index (χ0v) is 17.5. The van der Waals surface area contributed by atoms with E-state index in [4.69, 9.17) is 9.26 Å². The maximum atomic E-state index is 12.4. The van der Waals surface area contributed by atoms with Gasteiger partial charge in [-0.2, -0.15) is 22.0 Å². The Kier molecular flexibility index (Phi) is 6.50. The van der Waals surface area contributed by atoms with E-state index in [0.29, 0.717) is 43.4 Å². The second kappa shape index (κ2) is 8.89. The lowest BCUT2D eigenvalue weighted by Crippen LogP contribution is -2.46. The van der Waals surface area contributed by atoms with Gasteiger partial charge in [0.15, 0.2) is 0 Å². The first-order valence-electron chi connectivity index (χ1n) is 9.23. The number of hydrogen-bond acceptors (Lipinski definition) is 7. The number of methoxy groups -OCH3 is 1. The van der Waals surface area contributed by atoms with Gasteiger partial charge >= 0.3 is 0 Å². The Morgan fingerprint density at radius 3 is 2.72 bits per heavy atom. The standard InChI is InChI=1S/C18H25N5O5S/c1-22(2)29(25,26)23-9-7-13(8-10-23)18(24)19-12-16-20-17(21-28-16)14-5-4-6-15(11-14)27-3/h4-6,11,13H,7-10,12H2,1-3H3,(H,19,24). The minimum atomic E-state index is -3.44. The van der Waals surface area contributed by atoms with Crippen molar-refractivity contribution in [3.8, 4) is 17.1 Å². The number of aromatic nitrogens is 2. The van der Waals surface area contributed by atoms with Crippen LogP contribution in [-0.2, 0) is 21.5 Å². The smallest absolute Gasteiger partial charge is 0.281 e. The van der Waals surface area contributed by atoms with Crippen LogP contribution in [0.3, 0.4) is 0 Å². The van der Waals surface area contributed by atoms with Crippen LogP contribution in [0.2, 0.25) is 0 Å². The normalized spacial score (nSPS) is 16.1. The van der Waals surface area contributed by atoms with Crippen LogP contribution in [0.4, 0.5) is 0 Å². The number of piperidine rings is 1. The average molecular weight is 423 g/mol. The molecule has 1 saturated heterocycles. The van der Waals surface area contributed by atoms with Crippen LogP contribution in [0.25, 0.3) is 11.4 Å². The summed E-state index contributed by atoms with van der Waals surface area (Å²) in [6.45, 7) is 0.754. The Labute approximate surface area is 170 Å². The van der Waals surface area contributed by atoms with Gasteiger partial charge in [0.1, 0.15) is 5.75 Å². The summed E-state index contributed by atoms with van der Waals surface area (Å²) in [5, 5.41) is 6.73. The highest BCUT2D eigenvalue weighted by Crippen LogP contribution is 2.22. The van der Waals surface area contributed by atoms with E-state index in [-0.39, 0.29) is 18.4 Å². The van der Waals surface area contributed by atoms with E-state index < -0.39 is 10.2 Å². The lowest BCUT2D eigenvalue weighted by Gasteiger charge is -2.32. The van der Waals surface area contributed by atoms with Crippen molar-refractivity contribution in [2.45, 2.75) is 19.4 Å². The topological polar surface area (TPSA) is 118 Å². The number of nitrogens with one attached hydrogen (secondary N) is 1. The van der Waals surface area contributed by atoms with Gasteiger partial charge in [0, 0.05) is 38.7 Å². The molecule has 1 aromatic heterocycles. The third-order valence-corrected chi connectivity index (χ3v) is 6.76. The molecule has 29 heavy (non-hydrogen) atoms. The van der Waals surface area contributed by atoms with E-state index in [2.05, 4.69) is 15.5 Å². The highest BCUT2D eigenvalue weighted by Gasteiger charge is 2.32. The zero-order valence-electron chi connectivity index (χ0n) is 16.7. The quantitative estimate of drug-likeness (QED) is 0.702. The zero-order chi connectivity index (χ0) is 21.0. The van der Waals surface area contributed by atoms with Gasteiger partial charge in [0.25, 0.3) is 10.2 Å². The fourth-order valence-electron chi connectivity index (χ4n) is 3.09. The monoisotopic (exact) mass is 423 g/mol. The summed E-state index contributed by atoms with van der Waals surface area (Å²) in [5.74, 6) is 1.00. The van der Waals surface area contributed by atoms with E-state index in [1.54, 1.807) is 13.2 Å². The Morgan fingerprint density at radius 1 is 1.34 bits per heavy atom. The second-order valence-electron chi connectivity index (χ2n) is 6.92. The Balaban J connectivity index is 1.52. The molecule has 11 heteroatoms. The van der Waals surface area contributed by atoms with Crippen molar-refractivity contribution < 1.29 is 22.5 Å². The summed E-state index contributed by atoms with van der Waals surface area (Å²) < 4.78 is 37.3. The van der Waals surface area contributed by atoms with Crippen molar-refractivity contribution in [2.75, 3.05) is 34.3 Å². The van der Waals surface area contributed by atoms with Crippen LogP contribution >= 0.6 is 0 Å². The van der Waals surface area contributed by atoms with Gasteiger partial charge in [-0.05, 0) is 25.0 Å². The molecule has 158 valence electrons. The highest BCUT2D eigenvalue weighted by molar-refractivity contribution is 7.86. The largest absolute Gasteiger partial charge is 0.497 e. The molecule has 0 radical (unpaired) electrons. The fourth-order valence-corrected chi connectivity index (χ4v) is 4.23. The van der Waals surface area contributed by atoms with E-state index in [9.17, 15) is 13.2 Å². The van der Waals surface area contributed by atoms with Gasteiger partial charge < -0.3 is 14.6 Å². The molecule has 0 spiro atoms. The van der Waals surface area contributed by atoms with Crippen LogP contribution in [0.1, 0.15) is 18.7 Å². The molecule has 0 unspecified atom stereocenters. The number of rotatable bonds is 7. The molecule has 0 aliphatic carbocycles. The maximum Gasteiger partial charge on any atom is 0.281 e. The molecule has 3 rings (SSSR count). The SMILES string of the molecule is COc1cccc(-c2noc(CNC(=O)C3CCN(S(=O)(=O)N(C)C)CC3)n2)c1. The first-order valence-corrected chi connectivity index (χ1v) is 10.6. The predicted octanol–water partition coefficient (Wildman–Crippen LogP) is 0.880. The first-order chi connectivity index (χ1) is 13.8. The fraction of sp³-hybridized carbons (Fsp3) is 0.500. The molecule has 10 nitrogen and oxygen atoms in total. The molecule has 1 aliphatic heterocycles. The number of nitrogens with zero attached hydrogens (tertiary/aromatic N) is 4. The molecule has 0 atom stereocenters. The van der Waals surface area contributed by atoms with Crippen LogP contribution in [-0.4, -0.2) is 67.4 Å². The predicted molar refractivity (Wildman–Crippen MR) is 105 cm³/mol. The van der Waals surface area contributed by atoms with Gasteiger partial charge in [-0.1, -0.05) is 17.3 Å². The lowest BCUT2D eigenvalue weighted by atomic mass is 9.97. The molecule has 1 aliphatic rings. The van der Waals surface area contributed by atoms with Gasteiger partial charge in [-0.25, -0.2) is 0 Å². The summed E-state index contributed by atoms with van der Waals surface area (Å²) in [7, 11) is 1.14. The Bertz CT molecular complexity index is 951. The number of benzene rings is 1. The van der Waals surface area contributed by atoms with Crippen molar-refractivity contribution in [2.24, 2.45) is 5.92 Å². The summed E-state index contributed by atoms with van der Waals surface area (Å²) in [6.07, 6.45) is 0.940. The van der Waals surface area contributed by atoms with Gasteiger partial charge in [-0.3, -0.25) is 4.79 Å². The third-order valence-electron chi connectivity index (χ3n) is 4.82. The number of carbonyl (C=O) groups is 1. The summed E-state index contributed by atoms with van der Waals surface area (Å²) in [4.78, 5) is 16.7. The van der Waals surface area contributed by atoms with Crippen molar-refractivity contribution >= 4 is 16.1 Å². The van der Waals surface area contributed by atoms with Gasteiger partial charge in [0.2, 0.25) is 17.6 Å². The third kappa shape index (κ3) is 4.92. The number of amides is 1. The van der Waals surface area contributed by atoms with E-state index in [1.807, 2.05) is 18.2 Å². The van der Waals surface area contributed by atoms with Crippen molar-refractivity contribution in [1.82, 2.24) is 24.1 Å². The minimum Gasteiger partial charge on any atom is -0.497 e.